The predicted molar refractivity (Wildman–Crippen MR) is 78.1 cm³/mol. The van der Waals surface area contributed by atoms with Gasteiger partial charge in [-0.25, -0.2) is 0 Å². The van der Waals surface area contributed by atoms with Gasteiger partial charge >= 0.3 is 0 Å². The Hall–Kier alpha value is -2.40. The monoisotopic (exact) mass is 274 g/mol. The first-order valence-corrected chi connectivity index (χ1v) is 6.17. The Balaban J connectivity index is 2.05. The van der Waals surface area contributed by atoms with Crippen LogP contribution in [-0.4, -0.2) is 14.2 Å². The summed E-state index contributed by atoms with van der Waals surface area (Å²) in [7, 11) is 3.25. The molecule has 0 saturated heterocycles. The highest BCUT2D eigenvalue weighted by atomic mass is 16.5. The van der Waals surface area contributed by atoms with E-state index < -0.39 is 0 Å². The molecule has 20 heavy (non-hydrogen) atoms. The second kappa shape index (κ2) is 6.68. The first-order chi connectivity index (χ1) is 9.76. The van der Waals surface area contributed by atoms with Crippen molar-refractivity contribution in [1.29, 1.82) is 0 Å². The minimum absolute atomic E-state index is 0.419. The van der Waals surface area contributed by atoms with E-state index in [-0.39, 0.29) is 0 Å². The van der Waals surface area contributed by atoms with Crippen LogP contribution in [0.25, 0.3) is 0 Å². The zero-order valence-corrected chi connectivity index (χ0v) is 11.6. The van der Waals surface area contributed by atoms with Gasteiger partial charge in [0.2, 0.25) is 0 Å². The second-order valence-corrected chi connectivity index (χ2v) is 4.14. The number of hydrogen-bond donors (Lipinski definition) is 2. The molecule has 0 radical (unpaired) electrons. The van der Waals surface area contributed by atoms with E-state index in [4.69, 9.17) is 20.1 Å². The number of rotatable bonds is 6. The summed E-state index contributed by atoms with van der Waals surface area (Å²) in [6, 6.07) is 13.0. The van der Waals surface area contributed by atoms with Crippen LogP contribution in [0.3, 0.4) is 0 Å². The van der Waals surface area contributed by atoms with E-state index in [0.717, 1.165) is 28.5 Å². The van der Waals surface area contributed by atoms with Gasteiger partial charge in [0.05, 0.1) is 14.2 Å². The maximum atomic E-state index is 5.72. The Morgan fingerprint density at radius 3 is 2.25 bits per heavy atom. The third kappa shape index (κ3) is 3.33. The highest BCUT2D eigenvalue weighted by Crippen LogP contribution is 2.26. The largest absolute Gasteiger partial charge is 0.497 e. The molecule has 0 unspecified atom stereocenters. The second-order valence-electron chi connectivity index (χ2n) is 4.14. The van der Waals surface area contributed by atoms with Crippen molar-refractivity contribution < 1.29 is 14.2 Å². The van der Waals surface area contributed by atoms with Crippen LogP contribution < -0.4 is 25.5 Å². The van der Waals surface area contributed by atoms with E-state index in [1.807, 2.05) is 42.5 Å². The number of ether oxygens (including phenoxy) is 3. The van der Waals surface area contributed by atoms with Crippen LogP contribution >= 0.6 is 0 Å². The molecular weight excluding hydrogens is 256 g/mol. The molecule has 106 valence electrons. The van der Waals surface area contributed by atoms with Crippen molar-refractivity contribution in [3.8, 4) is 17.2 Å². The van der Waals surface area contributed by atoms with E-state index in [0.29, 0.717) is 6.61 Å². The van der Waals surface area contributed by atoms with Gasteiger partial charge in [0.25, 0.3) is 0 Å². The van der Waals surface area contributed by atoms with Crippen molar-refractivity contribution in [2.24, 2.45) is 5.84 Å². The zero-order valence-electron chi connectivity index (χ0n) is 11.6. The van der Waals surface area contributed by atoms with Crippen LogP contribution in [0.15, 0.2) is 42.5 Å². The fraction of sp³-hybridized carbons (Fsp3) is 0.200. The molecule has 2 aromatic rings. The van der Waals surface area contributed by atoms with Crippen molar-refractivity contribution in [3.05, 3.63) is 48.0 Å². The average molecular weight is 274 g/mol. The Morgan fingerprint density at radius 2 is 1.65 bits per heavy atom. The molecule has 5 heteroatoms. The van der Waals surface area contributed by atoms with E-state index in [1.165, 1.54) is 0 Å². The van der Waals surface area contributed by atoms with Crippen molar-refractivity contribution >= 4 is 5.69 Å². The van der Waals surface area contributed by atoms with Gasteiger partial charge in [-0.2, -0.15) is 0 Å². The van der Waals surface area contributed by atoms with Crippen LogP contribution in [0.1, 0.15) is 5.56 Å². The maximum Gasteiger partial charge on any atom is 0.129 e. The van der Waals surface area contributed by atoms with Gasteiger partial charge in [-0.3, -0.25) is 5.84 Å². The molecule has 5 nitrogen and oxygen atoms in total. The summed E-state index contributed by atoms with van der Waals surface area (Å²) in [5, 5.41) is 0. The summed E-state index contributed by atoms with van der Waals surface area (Å²) in [5.74, 6) is 7.57. The predicted octanol–water partition coefficient (Wildman–Crippen LogP) is 2.57. The summed E-state index contributed by atoms with van der Waals surface area (Å²) in [4.78, 5) is 0. The smallest absolute Gasteiger partial charge is 0.129 e. The molecule has 0 amide bonds. The lowest BCUT2D eigenvalue weighted by molar-refractivity contribution is 0.296. The molecule has 0 aliphatic rings. The number of anilines is 1. The van der Waals surface area contributed by atoms with Crippen molar-refractivity contribution in [2.75, 3.05) is 19.6 Å². The van der Waals surface area contributed by atoms with Gasteiger partial charge < -0.3 is 19.6 Å². The molecule has 0 heterocycles. The van der Waals surface area contributed by atoms with E-state index >= 15 is 0 Å². The summed E-state index contributed by atoms with van der Waals surface area (Å²) < 4.78 is 16.2. The molecule has 0 saturated carbocycles. The molecule has 3 N–H and O–H groups in total. The molecule has 0 atom stereocenters. The molecule has 2 aromatic carbocycles. The summed E-state index contributed by atoms with van der Waals surface area (Å²) in [5.41, 5.74) is 4.36. The Morgan fingerprint density at radius 1 is 0.950 bits per heavy atom. The van der Waals surface area contributed by atoms with Crippen molar-refractivity contribution in [1.82, 2.24) is 0 Å². The summed E-state index contributed by atoms with van der Waals surface area (Å²) in [6.45, 7) is 0.419. The standard InChI is InChI=1S/C15H18N2O3/c1-18-14-6-3-11(15(9-14)19-2)10-20-13-7-4-12(17-16)5-8-13/h3-9,17H,10,16H2,1-2H3. The fourth-order valence-electron chi connectivity index (χ4n) is 1.78. The topological polar surface area (TPSA) is 65.7 Å². The highest BCUT2D eigenvalue weighted by molar-refractivity contribution is 5.45. The number of methoxy groups -OCH3 is 2. The van der Waals surface area contributed by atoms with Crippen LogP contribution in [0.4, 0.5) is 5.69 Å². The average Bonchev–Trinajstić information content (AvgIpc) is 2.53. The quantitative estimate of drug-likeness (QED) is 0.626. The minimum atomic E-state index is 0.419. The van der Waals surface area contributed by atoms with Crippen LogP contribution in [0, 0.1) is 0 Å². The minimum Gasteiger partial charge on any atom is -0.497 e. The molecular formula is C15H18N2O3. The molecule has 0 aliphatic heterocycles. The highest BCUT2D eigenvalue weighted by Gasteiger charge is 2.06. The SMILES string of the molecule is COc1ccc(COc2ccc(NN)cc2)c(OC)c1. The zero-order chi connectivity index (χ0) is 14.4. The molecule has 0 aromatic heterocycles. The maximum absolute atomic E-state index is 5.72. The third-order valence-electron chi connectivity index (χ3n) is 2.91. The molecule has 0 aliphatic carbocycles. The Kier molecular flexibility index (Phi) is 4.68. The van der Waals surface area contributed by atoms with Crippen LogP contribution in [-0.2, 0) is 6.61 Å². The van der Waals surface area contributed by atoms with Gasteiger partial charge in [0, 0.05) is 17.3 Å². The van der Waals surface area contributed by atoms with Crippen LogP contribution in [0.2, 0.25) is 0 Å². The molecule has 0 spiro atoms. The van der Waals surface area contributed by atoms with Gasteiger partial charge in [-0.1, -0.05) is 0 Å². The number of benzene rings is 2. The van der Waals surface area contributed by atoms with E-state index in [9.17, 15) is 0 Å². The summed E-state index contributed by atoms with van der Waals surface area (Å²) >= 11 is 0. The Labute approximate surface area is 118 Å². The number of nitrogens with two attached hydrogens (primary N) is 1. The molecule has 0 fully saturated rings. The normalized spacial score (nSPS) is 9.95. The lowest BCUT2D eigenvalue weighted by Crippen LogP contribution is -2.06. The molecule has 0 bridgehead atoms. The Bertz CT molecular complexity index is 556. The lowest BCUT2D eigenvalue weighted by atomic mass is 10.2. The van der Waals surface area contributed by atoms with Crippen molar-refractivity contribution in [3.63, 3.8) is 0 Å². The van der Waals surface area contributed by atoms with Gasteiger partial charge in [0.1, 0.15) is 23.9 Å². The first kappa shape index (κ1) is 14.0. The van der Waals surface area contributed by atoms with E-state index in [1.54, 1.807) is 14.2 Å². The van der Waals surface area contributed by atoms with Gasteiger partial charge in [-0.05, 0) is 36.4 Å². The lowest BCUT2D eigenvalue weighted by Gasteiger charge is -2.12. The number of hydrazine groups is 1. The van der Waals surface area contributed by atoms with Gasteiger partial charge in [-0.15, -0.1) is 0 Å². The first-order valence-electron chi connectivity index (χ1n) is 6.17. The van der Waals surface area contributed by atoms with Gasteiger partial charge in [0.15, 0.2) is 0 Å². The fourth-order valence-corrected chi connectivity index (χ4v) is 1.78. The summed E-state index contributed by atoms with van der Waals surface area (Å²) in [6.07, 6.45) is 0. The van der Waals surface area contributed by atoms with E-state index in [2.05, 4.69) is 5.43 Å². The third-order valence-corrected chi connectivity index (χ3v) is 2.91. The number of nitrogen functional groups attached to an aromatic ring is 1. The molecule has 2 rings (SSSR count). The van der Waals surface area contributed by atoms with Crippen molar-refractivity contribution in [2.45, 2.75) is 6.61 Å². The number of nitrogens with one attached hydrogen (secondary N) is 1. The number of hydrogen-bond acceptors (Lipinski definition) is 5. The van der Waals surface area contributed by atoms with Crippen LogP contribution in [0.5, 0.6) is 17.2 Å².